The van der Waals surface area contributed by atoms with Crippen molar-refractivity contribution in [1.29, 1.82) is 0 Å². The van der Waals surface area contributed by atoms with Crippen LogP contribution in [0.15, 0.2) is 23.1 Å². The van der Waals surface area contributed by atoms with Gasteiger partial charge in [0.2, 0.25) is 0 Å². The van der Waals surface area contributed by atoms with E-state index in [0.29, 0.717) is 0 Å². The molecule has 1 N–H and O–H groups in total. The first kappa shape index (κ1) is 11.5. The fraction of sp³-hybridized carbons (Fsp3) is 0.385. The monoisotopic (exact) mass is 266 g/mol. The Morgan fingerprint density at radius 3 is 3.06 bits per heavy atom. The number of aromatic nitrogens is 1. The third kappa shape index (κ3) is 1.60. The molecular formula is C13H15ClN2S. The number of fused-ring (bicyclic) bond motifs is 3. The van der Waals surface area contributed by atoms with E-state index in [4.69, 9.17) is 11.6 Å². The van der Waals surface area contributed by atoms with Gasteiger partial charge < -0.3 is 4.57 Å². The highest BCUT2D eigenvalue weighted by Gasteiger charge is 2.25. The van der Waals surface area contributed by atoms with Crippen LogP contribution in [0.2, 0.25) is 0 Å². The van der Waals surface area contributed by atoms with Crippen LogP contribution >= 0.6 is 23.4 Å². The summed E-state index contributed by atoms with van der Waals surface area (Å²) in [7, 11) is 2.15. The first-order chi connectivity index (χ1) is 8.24. The highest BCUT2D eigenvalue weighted by Crippen LogP contribution is 2.38. The maximum Gasteiger partial charge on any atom is 0.110 e. The fourth-order valence-electron chi connectivity index (χ4n) is 2.73. The van der Waals surface area contributed by atoms with Crippen molar-refractivity contribution in [1.82, 2.24) is 9.88 Å². The van der Waals surface area contributed by atoms with E-state index >= 15 is 0 Å². The van der Waals surface area contributed by atoms with Gasteiger partial charge in [-0.1, -0.05) is 12.1 Å². The quantitative estimate of drug-likeness (QED) is 0.485. The zero-order chi connectivity index (χ0) is 12.0. The molecule has 2 nitrogen and oxygen atoms in total. The summed E-state index contributed by atoms with van der Waals surface area (Å²) < 4.78 is 2.31. The topological polar surface area (TPSA) is 17.0 Å². The molecule has 2 aromatic rings. The molecule has 0 spiro atoms. The van der Waals surface area contributed by atoms with Gasteiger partial charge in [-0.3, -0.25) is 5.32 Å². The molecule has 0 saturated heterocycles. The van der Waals surface area contributed by atoms with E-state index in [1.807, 2.05) is 0 Å². The number of nitrogens with one attached hydrogen (secondary N) is 1. The predicted molar refractivity (Wildman–Crippen MR) is 75.0 cm³/mol. The van der Waals surface area contributed by atoms with Gasteiger partial charge in [0.15, 0.2) is 0 Å². The molecule has 17 heavy (non-hydrogen) atoms. The van der Waals surface area contributed by atoms with E-state index in [9.17, 15) is 0 Å². The SMILES string of the molecule is CSc1cccc2c3c(n(C)c12)CCNC3Cl. The van der Waals surface area contributed by atoms with Crippen LogP contribution in [0.25, 0.3) is 10.9 Å². The lowest BCUT2D eigenvalue weighted by Gasteiger charge is -2.20. The minimum absolute atomic E-state index is 0.0560. The van der Waals surface area contributed by atoms with Crippen LogP contribution in [0.5, 0.6) is 0 Å². The van der Waals surface area contributed by atoms with E-state index < -0.39 is 0 Å². The van der Waals surface area contributed by atoms with Gasteiger partial charge in [-0.25, -0.2) is 0 Å². The van der Waals surface area contributed by atoms with Gasteiger partial charge in [0, 0.05) is 41.6 Å². The fourth-order valence-corrected chi connectivity index (χ4v) is 3.73. The molecule has 1 aliphatic heterocycles. The number of hydrogen-bond acceptors (Lipinski definition) is 2. The summed E-state index contributed by atoms with van der Waals surface area (Å²) in [5.41, 5.74) is 3.91. The number of para-hydroxylation sites is 1. The van der Waals surface area contributed by atoms with E-state index in [-0.39, 0.29) is 5.50 Å². The number of hydrogen-bond donors (Lipinski definition) is 1. The molecule has 0 fully saturated rings. The summed E-state index contributed by atoms with van der Waals surface area (Å²) in [6, 6.07) is 6.47. The Kier molecular flexibility index (Phi) is 2.85. The molecule has 2 heterocycles. The number of aryl methyl sites for hydroxylation is 1. The Labute approximate surface area is 110 Å². The van der Waals surface area contributed by atoms with Gasteiger partial charge in [-0.05, 0) is 12.3 Å². The number of nitrogens with zero attached hydrogens (tertiary/aromatic N) is 1. The number of rotatable bonds is 1. The lowest BCUT2D eigenvalue weighted by molar-refractivity contribution is 0.604. The molecular weight excluding hydrogens is 252 g/mol. The highest BCUT2D eigenvalue weighted by molar-refractivity contribution is 7.98. The van der Waals surface area contributed by atoms with Gasteiger partial charge in [-0.2, -0.15) is 0 Å². The summed E-state index contributed by atoms with van der Waals surface area (Å²) in [4.78, 5) is 1.32. The third-order valence-electron chi connectivity index (χ3n) is 3.50. The largest absolute Gasteiger partial charge is 0.346 e. The van der Waals surface area contributed by atoms with Crippen LogP contribution in [0.1, 0.15) is 16.8 Å². The maximum absolute atomic E-state index is 6.40. The molecule has 0 bridgehead atoms. The van der Waals surface area contributed by atoms with Crippen LogP contribution in [0.3, 0.4) is 0 Å². The Morgan fingerprint density at radius 1 is 1.47 bits per heavy atom. The van der Waals surface area contributed by atoms with Crippen LogP contribution in [-0.4, -0.2) is 17.4 Å². The molecule has 3 rings (SSSR count). The van der Waals surface area contributed by atoms with Crippen LogP contribution in [-0.2, 0) is 13.5 Å². The van der Waals surface area contributed by atoms with Crippen molar-refractivity contribution in [2.45, 2.75) is 16.8 Å². The third-order valence-corrected chi connectivity index (χ3v) is 4.64. The highest BCUT2D eigenvalue weighted by atomic mass is 35.5. The summed E-state index contributed by atoms with van der Waals surface area (Å²) >= 11 is 8.20. The second-order valence-corrected chi connectivity index (χ2v) is 5.63. The van der Waals surface area contributed by atoms with E-state index in [1.54, 1.807) is 11.8 Å². The van der Waals surface area contributed by atoms with Crippen molar-refractivity contribution in [2.24, 2.45) is 7.05 Å². The minimum atomic E-state index is -0.0560. The first-order valence-electron chi connectivity index (χ1n) is 5.75. The van der Waals surface area contributed by atoms with Crippen molar-refractivity contribution >= 4 is 34.3 Å². The lowest BCUT2D eigenvalue weighted by Crippen LogP contribution is -2.26. The van der Waals surface area contributed by atoms with Crippen LogP contribution in [0.4, 0.5) is 0 Å². The summed E-state index contributed by atoms with van der Waals surface area (Å²) in [6.07, 6.45) is 3.18. The average Bonchev–Trinajstić information content (AvgIpc) is 2.65. The molecule has 0 aliphatic carbocycles. The molecule has 4 heteroatoms. The van der Waals surface area contributed by atoms with Gasteiger partial charge in [0.1, 0.15) is 5.50 Å². The summed E-state index contributed by atoms with van der Waals surface area (Å²) in [5, 5.41) is 4.62. The van der Waals surface area contributed by atoms with E-state index in [2.05, 4.69) is 41.4 Å². The van der Waals surface area contributed by atoms with Crippen molar-refractivity contribution in [3.63, 3.8) is 0 Å². The summed E-state index contributed by atoms with van der Waals surface area (Å²) in [6.45, 7) is 0.958. The standard InChI is InChI=1S/C13H15ClN2S/c1-16-9-6-7-15-13(14)11(9)8-4-3-5-10(17-2)12(8)16/h3-5,13,15H,6-7H2,1-2H3. The molecule has 0 saturated carbocycles. The molecule has 0 amide bonds. The van der Waals surface area contributed by atoms with Gasteiger partial charge in [0.05, 0.1) is 5.52 Å². The number of halogens is 1. The van der Waals surface area contributed by atoms with Crippen molar-refractivity contribution in [3.8, 4) is 0 Å². The smallest absolute Gasteiger partial charge is 0.110 e. The molecule has 1 aromatic heterocycles. The van der Waals surface area contributed by atoms with Crippen LogP contribution < -0.4 is 5.32 Å². The molecule has 90 valence electrons. The molecule has 0 radical (unpaired) electrons. The second kappa shape index (κ2) is 4.23. The molecule has 1 aromatic carbocycles. The Hall–Kier alpha value is -0.640. The number of benzene rings is 1. The Morgan fingerprint density at radius 2 is 2.29 bits per heavy atom. The first-order valence-corrected chi connectivity index (χ1v) is 7.41. The molecule has 1 atom stereocenters. The maximum atomic E-state index is 6.40. The van der Waals surface area contributed by atoms with Crippen molar-refractivity contribution < 1.29 is 0 Å². The van der Waals surface area contributed by atoms with Crippen molar-refractivity contribution in [3.05, 3.63) is 29.5 Å². The van der Waals surface area contributed by atoms with E-state index in [1.165, 1.54) is 27.1 Å². The van der Waals surface area contributed by atoms with E-state index in [0.717, 1.165) is 13.0 Å². The zero-order valence-electron chi connectivity index (χ0n) is 9.96. The number of thioether (sulfide) groups is 1. The Balaban J connectivity index is 2.40. The van der Waals surface area contributed by atoms with Crippen LogP contribution in [0, 0.1) is 0 Å². The zero-order valence-corrected chi connectivity index (χ0v) is 11.5. The molecule has 1 unspecified atom stereocenters. The summed E-state index contributed by atoms with van der Waals surface area (Å²) in [5.74, 6) is 0. The van der Waals surface area contributed by atoms with Gasteiger partial charge in [-0.15, -0.1) is 23.4 Å². The predicted octanol–water partition coefficient (Wildman–Crippen LogP) is 3.28. The normalized spacial score (nSPS) is 19.6. The molecule has 1 aliphatic rings. The average molecular weight is 267 g/mol. The lowest BCUT2D eigenvalue weighted by atomic mass is 10.1. The van der Waals surface area contributed by atoms with Gasteiger partial charge in [0.25, 0.3) is 0 Å². The van der Waals surface area contributed by atoms with Crippen molar-refractivity contribution in [2.75, 3.05) is 12.8 Å². The second-order valence-electron chi connectivity index (χ2n) is 4.34. The minimum Gasteiger partial charge on any atom is -0.346 e. The van der Waals surface area contributed by atoms with Gasteiger partial charge >= 0.3 is 0 Å². The number of alkyl halides is 1. The Bertz CT molecular complexity index is 576.